The van der Waals surface area contributed by atoms with E-state index in [1.165, 1.54) is 19.3 Å². The van der Waals surface area contributed by atoms with Crippen LogP contribution in [0.2, 0.25) is 0 Å². The van der Waals surface area contributed by atoms with E-state index >= 15 is 0 Å². The molecule has 2 fully saturated rings. The van der Waals surface area contributed by atoms with Crippen LogP contribution in [0, 0.1) is 11.3 Å². The summed E-state index contributed by atoms with van der Waals surface area (Å²) in [6, 6.07) is 0.477. The molecular formula is C17H33NO2. The van der Waals surface area contributed by atoms with Gasteiger partial charge in [0.15, 0.2) is 0 Å². The van der Waals surface area contributed by atoms with E-state index in [2.05, 4.69) is 33.0 Å². The van der Waals surface area contributed by atoms with Crippen LogP contribution in [0.1, 0.15) is 66.2 Å². The first-order valence-corrected chi connectivity index (χ1v) is 8.41. The van der Waals surface area contributed by atoms with Crippen molar-refractivity contribution in [3.63, 3.8) is 0 Å². The maximum Gasteiger partial charge on any atom is 0.0771 e. The van der Waals surface area contributed by atoms with Crippen molar-refractivity contribution in [2.24, 2.45) is 11.3 Å². The summed E-state index contributed by atoms with van der Waals surface area (Å²) in [6.07, 6.45) is 6.99. The average molecular weight is 283 g/mol. The summed E-state index contributed by atoms with van der Waals surface area (Å²) in [6.45, 7) is 10.6. The molecule has 2 saturated carbocycles. The molecule has 20 heavy (non-hydrogen) atoms. The molecule has 0 aliphatic heterocycles. The van der Waals surface area contributed by atoms with Crippen molar-refractivity contribution in [1.29, 1.82) is 0 Å². The number of rotatable bonds is 6. The van der Waals surface area contributed by atoms with Crippen LogP contribution in [0.3, 0.4) is 0 Å². The van der Waals surface area contributed by atoms with Gasteiger partial charge < -0.3 is 15.2 Å². The van der Waals surface area contributed by atoms with E-state index in [1.54, 1.807) is 0 Å². The second kappa shape index (κ2) is 6.33. The van der Waals surface area contributed by atoms with Crippen LogP contribution in [-0.2, 0) is 4.74 Å². The van der Waals surface area contributed by atoms with E-state index in [-0.39, 0.29) is 5.41 Å². The largest absolute Gasteiger partial charge is 0.389 e. The first-order chi connectivity index (χ1) is 9.33. The Morgan fingerprint density at radius 3 is 2.40 bits per heavy atom. The zero-order valence-electron chi connectivity index (χ0n) is 13.7. The lowest BCUT2D eigenvalue weighted by Gasteiger charge is -2.53. The summed E-state index contributed by atoms with van der Waals surface area (Å²) in [7, 11) is 0. The van der Waals surface area contributed by atoms with Gasteiger partial charge in [0.2, 0.25) is 0 Å². The zero-order valence-corrected chi connectivity index (χ0v) is 13.7. The highest BCUT2D eigenvalue weighted by Gasteiger charge is 2.49. The Kier molecular flexibility index (Phi) is 5.14. The van der Waals surface area contributed by atoms with Crippen LogP contribution in [0.4, 0.5) is 0 Å². The third-order valence-corrected chi connectivity index (χ3v) is 5.27. The molecule has 118 valence electrons. The Balaban J connectivity index is 1.75. The first-order valence-electron chi connectivity index (χ1n) is 8.41. The van der Waals surface area contributed by atoms with Gasteiger partial charge in [-0.15, -0.1) is 0 Å². The second-order valence-corrected chi connectivity index (χ2v) is 7.99. The van der Waals surface area contributed by atoms with Gasteiger partial charge in [0.25, 0.3) is 0 Å². The number of nitrogens with one attached hydrogen (secondary N) is 1. The Morgan fingerprint density at radius 1 is 1.20 bits per heavy atom. The van der Waals surface area contributed by atoms with Gasteiger partial charge in [-0.05, 0) is 25.2 Å². The number of ether oxygens (including phenoxy) is 1. The minimum atomic E-state index is -0.460. The SMILES string of the molecule is CC(C)COC1CC(NCC2(O)CCCCC2)C1(C)C. The molecule has 2 unspecified atom stereocenters. The Bertz CT molecular complexity index is 308. The smallest absolute Gasteiger partial charge is 0.0771 e. The predicted octanol–water partition coefficient (Wildman–Crippen LogP) is 3.11. The van der Waals surface area contributed by atoms with Gasteiger partial charge in [0.05, 0.1) is 11.7 Å². The first kappa shape index (κ1) is 16.3. The fraction of sp³-hybridized carbons (Fsp3) is 1.00. The van der Waals surface area contributed by atoms with Crippen LogP contribution >= 0.6 is 0 Å². The number of aliphatic hydroxyl groups is 1. The quantitative estimate of drug-likeness (QED) is 0.787. The standard InChI is InChI=1S/C17H33NO2/c1-13(2)11-20-15-10-14(16(15,3)4)18-12-17(19)8-6-5-7-9-17/h13-15,18-19H,5-12H2,1-4H3. The molecule has 0 spiro atoms. The van der Waals surface area contributed by atoms with E-state index in [0.29, 0.717) is 18.1 Å². The summed E-state index contributed by atoms with van der Waals surface area (Å²) in [5.74, 6) is 0.598. The van der Waals surface area contributed by atoms with Gasteiger partial charge in [-0.1, -0.05) is 47.0 Å². The molecular weight excluding hydrogens is 250 g/mol. The monoisotopic (exact) mass is 283 g/mol. The third kappa shape index (κ3) is 3.75. The van der Waals surface area contributed by atoms with Gasteiger partial charge in [-0.2, -0.15) is 0 Å². The lowest BCUT2D eigenvalue weighted by atomic mass is 9.64. The lowest BCUT2D eigenvalue weighted by molar-refractivity contribution is -0.128. The van der Waals surface area contributed by atoms with Crippen molar-refractivity contribution < 1.29 is 9.84 Å². The fourth-order valence-electron chi connectivity index (χ4n) is 3.52. The molecule has 2 N–H and O–H groups in total. The summed E-state index contributed by atoms with van der Waals surface area (Å²) >= 11 is 0. The maximum absolute atomic E-state index is 10.6. The molecule has 0 saturated heterocycles. The zero-order chi connectivity index (χ0) is 14.8. The van der Waals surface area contributed by atoms with E-state index in [1.807, 2.05) is 0 Å². The molecule has 0 radical (unpaired) electrons. The Labute approximate surface area is 124 Å². The van der Waals surface area contributed by atoms with E-state index in [9.17, 15) is 5.11 Å². The molecule has 2 rings (SSSR count). The Hall–Kier alpha value is -0.120. The average Bonchev–Trinajstić information content (AvgIpc) is 2.37. The van der Waals surface area contributed by atoms with Crippen molar-refractivity contribution in [1.82, 2.24) is 5.32 Å². The van der Waals surface area contributed by atoms with E-state index < -0.39 is 5.60 Å². The van der Waals surface area contributed by atoms with Crippen LogP contribution in [0.15, 0.2) is 0 Å². The molecule has 0 aromatic heterocycles. The van der Waals surface area contributed by atoms with Crippen LogP contribution in [0.25, 0.3) is 0 Å². The Morgan fingerprint density at radius 2 is 1.85 bits per heavy atom. The van der Waals surface area contributed by atoms with Gasteiger partial charge in [-0.25, -0.2) is 0 Å². The number of hydrogen-bond acceptors (Lipinski definition) is 3. The summed E-state index contributed by atoms with van der Waals surface area (Å²) < 4.78 is 6.00. The topological polar surface area (TPSA) is 41.5 Å². The molecule has 2 atom stereocenters. The minimum Gasteiger partial charge on any atom is -0.389 e. The molecule has 0 aromatic rings. The molecule has 3 nitrogen and oxygen atoms in total. The van der Waals surface area contributed by atoms with Crippen LogP contribution in [-0.4, -0.2) is 36.0 Å². The normalized spacial score (nSPS) is 32.1. The molecule has 3 heteroatoms. The molecule has 0 heterocycles. The minimum absolute atomic E-state index is 0.180. The van der Waals surface area contributed by atoms with Crippen LogP contribution in [0.5, 0.6) is 0 Å². The van der Waals surface area contributed by atoms with Gasteiger partial charge >= 0.3 is 0 Å². The van der Waals surface area contributed by atoms with E-state index in [0.717, 1.165) is 32.4 Å². The van der Waals surface area contributed by atoms with Gasteiger partial charge in [-0.3, -0.25) is 0 Å². The highest BCUT2D eigenvalue weighted by atomic mass is 16.5. The highest BCUT2D eigenvalue weighted by molar-refractivity contribution is 5.03. The lowest BCUT2D eigenvalue weighted by Crippen LogP contribution is -2.63. The molecule has 2 aliphatic carbocycles. The van der Waals surface area contributed by atoms with Crippen molar-refractivity contribution >= 4 is 0 Å². The summed E-state index contributed by atoms with van der Waals surface area (Å²) in [5.41, 5.74) is -0.280. The maximum atomic E-state index is 10.6. The third-order valence-electron chi connectivity index (χ3n) is 5.27. The van der Waals surface area contributed by atoms with E-state index in [4.69, 9.17) is 4.74 Å². The van der Waals surface area contributed by atoms with Gasteiger partial charge in [0.1, 0.15) is 0 Å². The fourth-order valence-corrected chi connectivity index (χ4v) is 3.52. The second-order valence-electron chi connectivity index (χ2n) is 7.99. The summed E-state index contributed by atoms with van der Waals surface area (Å²) in [5, 5.41) is 14.2. The van der Waals surface area contributed by atoms with Crippen molar-refractivity contribution in [3.8, 4) is 0 Å². The summed E-state index contributed by atoms with van der Waals surface area (Å²) in [4.78, 5) is 0. The van der Waals surface area contributed by atoms with Crippen molar-refractivity contribution in [3.05, 3.63) is 0 Å². The van der Waals surface area contributed by atoms with Crippen LogP contribution < -0.4 is 5.32 Å². The number of hydrogen-bond donors (Lipinski definition) is 2. The molecule has 0 aromatic carbocycles. The van der Waals surface area contributed by atoms with Crippen molar-refractivity contribution in [2.45, 2.75) is 84.0 Å². The highest BCUT2D eigenvalue weighted by Crippen LogP contribution is 2.43. The van der Waals surface area contributed by atoms with Crippen molar-refractivity contribution in [2.75, 3.05) is 13.2 Å². The predicted molar refractivity (Wildman–Crippen MR) is 82.8 cm³/mol. The molecule has 2 aliphatic rings. The molecule has 0 bridgehead atoms. The molecule has 0 amide bonds. The van der Waals surface area contributed by atoms with Gasteiger partial charge in [0, 0.05) is 24.6 Å².